The van der Waals surface area contributed by atoms with Crippen molar-refractivity contribution < 1.29 is 14.3 Å². The van der Waals surface area contributed by atoms with Gasteiger partial charge >= 0.3 is 0 Å². The summed E-state index contributed by atoms with van der Waals surface area (Å²) in [5, 5.41) is 3.39. The minimum Gasteiger partial charge on any atom is -0.497 e. The average molecular weight is 367 g/mol. The van der Waals surface area contributed by atoms with E-state index in [-0.39, 0.29) is 11.7 Å². The highest BCUT2D eigenvalue weighted by Crippen LogP contribution is 2.31. The van der Waals surface area contributed by atoms with Crippen LogP contribution in [-0.4, -0.2) is 34.7 Å². The molecule has 8 heteroatoms. The van der Waals surface area contributed by atoms with Crippen molar-refractivity contribution >= 4 is 11.6 Å². The van der Waals surface area contributed by atoms with Crippen LogP contribution in [0.3, 0.4) is 0 Å². The minimum absolute atomic E-state index is 0.182. The molecule has 3 aromatic rings. The van der Waals surface area contributed by atoms with Crippen LogP contribution in [0.15, 0.2) is 48.9 Å². The summed E-state index contributed by atoms with van der Waals surface area (Å²) in [6.07, 6.45) is 5.12. The SMILES string of the molecule is COc1cc(OC)cc(C(Nc2ccnc(C(N)=O)c2)c2nccn2C)c1. The van der Waals surface area contributed by atoms with Crippen molar-refractivity contribution in [3.8, 4) is 11.5 Å². The fourth-order valence-electron chi connectivity index (χ4n) is 2.77. The van der Waals surface area contributed by atoms with Gasteiger partial charge in [-0.2, -0.15) is 0 Å². The largest absolute Gasteiger partial charge is 0.497 e. The monoisotopic (exact) mass is 367 g/mol. The number of ether oxygens (including phenoxy) is 2. The van der Waals surface area contributed by atoms with Crippen molar-refractivity contribution in [3.05, 3.63) is 66.0 Å². The van der Waals surface area contributed by atoms with Crippen LogP contribution in [-0.2, 0) is 7.05 Å². The van der Waals surface area contributed by atoms with Crippen molar-refractivity contribution in [1.82, 2.24) is 14.5 Å². The first kappa shape index (κ1) is 18.2. The van der Waals surface area contributed by atoms with E-state index in [2.05, 4.69) is 15.3 Å². The van der Waals surface area contributed by atoms with E-state index in [0.717, 1.165) is 11.4 Å². The normalized spacial score (nSPS) is 11.7. The van der Waals surface area contributed by atoms with Crippen LogP contribution in [0.25, 0.3) is 0 Å². The third kappa shape index (κ3) is 4.00. The van der Waals surface area contributed by atoms with Crippen molar-refractivity contribution in [1.29, 1.82) is 0 Å². The molecule has 0 radical (unpaired) electrons. The maximum absolute atomic E-state index is 11.4. The van der Waals surface area contributed by atoms with Gasteiger partial charge in [0.05, 0.1) is 14.2 Å². The predicted octanol–water partition coefficient (Wildman–Crippen LogP) is 2.13. The van der Waals surface area contributed by atoms with Crippen LogP contribution < -0.4 is 20.5 Å². The summed E-state index contributed by atoms with van der Waals surface area (Å²) in [5.74, 6) is 1.52. The molecule has 1 aromatic carbocycles. The molecule has 0 saturated heterocycles. The standard InChI is InChI=1S/C19H21N5O3/c1-24-7-6-22-19(24)17(12-8-14(26-2)11-15(9-12)27-3)23-13-4-5-21-16(10-13)18(20)25/h4-11,17H,1-3H3,(H2,20,25)(H,21,23). The summed E-state index contributed by atoms with van der Waals surface area (Å²) < 4.78 is 12.7. The molecule has 1 amide bonds. The molecule has 3 rings (SSSR count). The van der Waals surface area contributed by atoms with E-state index in [9.17, 15) is 4.79 Å². The lowest BCUT2D eigenvalue weighted by atomic mass is 10.0. The van der Waals surface area contributed by atoms with Gasteiger partial charge in [0.1, 0.15) is 29.1 Å². The Labute approximate surface area is 157 Å². The number of imidazole rings is 1. The van der Waals surface area contributed by atoms with Gasteiger partial charge in [-0.05, 0) is 29.8 Å². The van der Waals surface area contributed by atoms with Gasteiger partial charge in [-0.25, -0.2) is 4.98 Å². The van der Waals surface area contributed by atoms with Crippen LogP contribution in [0.5, 0.6) is 11.5 Å². The smallest absolute Gasteiger partial charge is 0.267 e. The molecule has 0 saturated carbocycles. The zero-order valence-electron chi connectivity index (χ0n) is 15.3. The van der Waals surface area contributed by atoms with Crippen LogP contribution in [0.2, 0.25) is 0 Å². The van der Waals surface area contributed by atoms with E-state index in [4.69, 9.17) is 15.2 Å². The number of pyridine rings is 1. The lowest BCUT2D eigenvalue weighted by Crippen LogP contribution is -2.18. The topological polar surface area (TPSA) is 104 Å². The number of anilines is 1. The number of hydrogen-bond acceptors (Lipinski definition) is 6. The number of nitrogens with two attached hydrogens (primary N) is 1. The fourth-order valence-corrected chi connectivity index (χ4v) is 2.77. The van der Waals surface area contributed by atoms with E-state index in [1.165, 1.54) is 6.20 Å². The number of carbonyl (C=O) groups is 1. The third-order valence-corrected chi connectivity index (χ3v) is 4.15. The molecule has 0 aliphatic rings. The van der Waals surface area contributed by atoms with Gasteiger partial charge in [0.25, 0.3) is 5.91 Å². The summed E-state index contributed by atoms with van der Waals surface area (Å²) in [4.78, 5) is 19.9. The number of carbonyl (C=O) groups excluding carboxylic acids is 1. The summed E-state index contributed by atoms with van der Waals surface area (Å²) in [6.45, 7) is 0. The number of aryl methyl sites for hydroxylation is 1. The Hall–Kier alpha value is -3.55. The average Bonchev–Trinajstić information content (AvgIpc) is 3.11. The van der Waals surface area contributed by atoms with Crippen molar-refractivity contribution in [2.75, 3.05) is 19.5 Å². The molecular formula is C19H21N5O3. The highest BCUT2D eigenvalue weighted by molar-refractivity contribution is 5.91. The van der Waals surface area contributed by atoms with Gasteiger partial charge in [-0.3, -0.25) is 9.78 Å². The van der Waals surface area contributed by atoms with E-state index in [1.54, 1.807) is 38.6 Å². The Balaban J connectivity index is 2.07. The fraction of sp³-hybridized carbons (Fsp3) is 0.211. The number of hydrogen-bond donors (Lipinski definition) is 2. The van der Waals surface area contributed by atoms with E-state index in [1.807, 2.05) is 29.9 Å². The molecule has 1 unspecified atom stereocenters. The molecule has 0 aliphatic carbocycles. The lowest BCUT2D eigenvalue weighted by Gasteiger charge is -2.21. The third-order valence-electron chi connectivity index (χ3n) is 4.15. The van der Waals surface area contributed by atoms with Gasteiger partial charge < -0.3 is 25.1 Å². The quantitative estimate of drug-likeness (QED) is 0.663. The van der Waals surface area contributed by atoms with E-state index < -0.39 is 5.91 Å². The van der Waals surface area contributed by atoms with Crippen molar-refractivity contribution in [2.24, 2.45) is 12.8 Å². The highest BCUT2D eigenvalue weighted by Gasteiger charge is 2.21. The van der Waals surface area contributed by atoms with E-state index in [0.29, 0.717) is 17.2 Å². The van der Waals surface area contributed by atoms with Crippen molar-refractivity contribution in [3.63, 3.8) is 0 Å². The van der Waals surface area contributed by atoms with Crippen molar-refractivity contribution in [2.45, 2.75) is 6.04 Å². The van der Waals surface area contributed by atoms with E-state index >= 15 is 0 Å². The zero-order valence-corrected chi connectivity index (χ0v) is 15.3. The van der Waals surface area contributed by atoms with Gasteiger partial charge in [-0.1, -0.05) is 0 Å². The first-order valence-electron chi connectivity index (χ1n) is 8.24. The number of primary amides is 1. The first-order valence-corrected chi connectivity index (χ1v) is 8.24. The predicted molar refractivity (Wildman–Crippen MR) is 101 cm³/mol. The molecular weight excluding hydrogens is 346 g/mol. The van der Waals surface area contributed by atoms with Crippen LogP contribution >= 0.6 is 0 Å². The Morgan fingerprint density at radius 1 is 1.11 bits per heavy atom. The number of aromatic nitrogens is 3. The summed E-state index contributed by atoms with van der Waals surface area (Å²) in [5.41, 5.74) is 7.10. The summed E-state index contributed by atoms with van der Waals surface area (Å²) in [7, 11) is 5.11. The van der Waals surface area contributed by atoms with Gasteiger partial charge in [-0.15, -0.1) is 0 Å². The second-order valence-corrected chi connectivity index (χ2v) is 5.91. The Kier molecular flexibility index (Phi) is 5.25. The maximum atomic E-state index is 11.4. The molecule has 1 atom stereocenters. The molecule has 27 heavy (non-hydrogen) atoms. The second kappa shape index (κ2) is 7.77. The number of nitrogens with zero attached hydrogens (tertiary/aromatic N) is 3. The molecule has 0 aliphatic heterocycles. The zero-order chi connectivity index (χ0) is 19.4. The highest BCUT2D eigenvalue weighted by atomic mass is 16.5. The first-order chi connectivity index (χ1) is 13.0. The number of nitrogens with one attached hydrogen (secondary N) is 1. The number of methoxy groups -OCH3 is 2. The number of benzene rings is 1. The molecule has 140 valence electrons. The maximum Gasteiger partial charge on any atom is 0.267 e. The Morgan fingerprint density at radius 3 is 2.37 bits per heavy atom. The molecule has 8 nitrogen and oxygen atoms in total. The van der Waals surface area contributed by atoms with Crippen LogP contribution in [0, 0.1) is 0 Å². The minimum atomic E-state index is -0.588. The number of rotatable bonds is 7. The van der Waals surface area contributed by atoms with Gasteiger partial charge in [0.2, 0.25) is 0 Å². The summed E-state index contributed by atoms with van der Waals surface area (Å²) in [6, 6.07) is 8.67. The molecule has 0 spiro atoms. The molecule has 2 aromatic heterocycles. The van der Waals surface area contributed by atoms with Crippen LogP contribution in [0.1, 0.15) is 27.9 Å². The second-order valence-electron chi connectivity index (χ2n) is 5.91. The lowest BCUT2D eigenvalue weighted by molar-refractivity contribution is 0.0995. The molecule has 2 heterocycles. The molecule has 3 N–H and O–H groups in total. The summed E-state index contributed by atoms with van der Waals surface area (Å²) >= 11 is 0. The molecule has 0 bridgehead atoms. The number of amides is 1. The Bertz CT molecular complexity index is 932. The van der Waals surface area contributed by atoms with Gasteiger partial charge in [0, 0.05) is 37.4 Å². The Morgan fingerprint density at radius 2 is 1.81 bits per heavy atom. The molecule has 0 fully saturated rings. The van der Waals surface area contributed by atoms with Crippen LogP contribution in [0.4, 0.5) is 5.69 Å². The van der Waals surface area contributed by atoms with Gasteiger partial charge in [0.15, 0.2) is 0 Å².